The van der Waals surface area contributed by atoms with Crippen LogP contribution in [0.15, 0.2) is 0 Å². The molecule has 0 fully saturated rings. The Morgan fingerprint density at radius 1 is 0.760 bits per heavy atom. The summed E-state index contributed by atoms with van der Waals surface area (Å²) in [7, 11) is 0. The number of esters is 3. The van der Waals surface area contributed by atoms with Gasteiger partial charge in [0.15, 0.2) is 0 Å². The van der Waals surface area contributed by atoms with E-state index in [1.165, 1.54) is 0 Å². The second-order valence-corrected chi connectivity index (χ2v) is 12.9. The standard InChI is InChI=1S/C16H25Br3O6/c1-14(2,17)11(20)23-8-7-10(25-13(22)16(5,6)19)9-24-12(21)15(3,4)18/h10H,7-9H2,1-6H3. The Morgan fingerprint density at radius 3 is 1.56 bits per heavy atom. The number of hydrogen-bond donors (Lipinski definition) is 0. The van der Waals surface area contributed by atoms with Gasteiger partial charge >= 0.3 is 17.9 Å². The van der Waals surface area contributed by atoms with Gasteiger partial charge in [0.25, 0.3) is 0 Å². The van der Waals surface area contributed by atoms with Gasteiger partial charge < -0.3 is 14.2 Å². The molecule has 0 aromatic rings. The fourth-order valence-corrected chi connectivity index (χ4v) is 1.59. The summed E-state index contributed by atoms with van der Waals surface area (Å²) >= 11 is 9.63. The third kappa shape index (κ3) is 10.6. The predicted molar refractivity (Wildman–Crippen MR) is 105 cm³/mol. The smallest absolute Gasteiger partial charge is 0.322 e. The zero-order chi connectivity index (χ0) is 20.1. The van der Waals surface area contributed by atoms with Crippen molar-refractivity contribution in [3.05, 3.63) is 0 Å². The van der Waals surface area contributed by atoms with Crippen molar-refractivity contribution in [1.82, 2.24) is 0 Å². The van der Waals surface area contributed by atoms with E-state index in [2.05, 4.69) is 47.8 Å². The minimum absolute atomic E-state index is 0.0315. The van der Waals surface area contributed by atoms with Crippen LogP contribution in [0, 0.1) is 0 Å². The third-order valence-electron chi connectivity index (χ3n) is 2.80. The monoisotopic (exact) mass is 550 g/mol. The molecule has 0 rings (SSSR count). The van der Waals surface area contributed by atoms with Gasteiger partial charge in [0, 0.05) is 6.42 Å². The van der Waals surface area contributed by atoms with Crippen molar-refractivity contribution in [2.24, 2.45) is 0 Å². The van der Waals surface area contributed by atoms with E-state index in [0.29, 0.717) is 0 Å². The number of carbonyl (C=O) groups is 3. The molecule has 0 aliphatic heterocycles. The molecule has 1 unspecified atom stereocenters. The van der Waals surface area contributed by atoms with Gasteiger partial charge in [-0.25, -0.2) is 0 Å². The normalized spacial score (nSPS) is 13.8. The first kappa shape index (κ1) is 24.8. The minimum Gasteiger partial charge on any atom is -0.465 e. The lowest BCUT2D eigenvalue weighted by Gasteiger charge is -2.24. The van der Waals surface area contributed by atoms with Crippen LogP contribution in [0.5, 0.6) is 0 Å². The Hall–Kier alpha value is -0.150. The number of hydrogen-bond acceptors (Lipinski definition) is 6. The highest BCUT2D eigenvalue weighted by Crippen LogP contribution is 2.22. The topological polar surface area (TPSA) is 78.9 Å². The maximum Gasteiger partial charge on any atom is 0.322 e. The first-order valence-electron chi connectivity index (χ1n) is 7.67. The summed E-state index contributed by atoms with van der Waals surface area (Å²) < 4.78 is 13.2. The van der Waals surface area contributed by atoms with E-state index in [0.717, 1.165) is 0 Å². The van der Waals surface area contributed by atoms with Crippen molar-refractivity contribution in [3.63, 3.8) is 0 Å². The Balaban J connectivity index is 4.76. The molecule has 0 N–H and O–H groups in total. The van der Waals surface area contributed by atoms with Crippen LogP contribution in [-0.4, -0.2) is 50.2 Å². The first-order valence-corrected chi connectivity index (χ1v) is 10.1. The van der Waals surface area contributed by atoms with Gasteiger partial charge in [0.2, 0.25) is 0 Å². The molecule has 146 valence electrons. The maximum absolute atomic E-state index is 12.0. The molecule has 0 saturated heterocycles. The van der Waals surface area contributed by atoms with E-state index >= 15 is 0 Å². The highest BCUT2D eigenvalue weighted by molar-refractivity contribution is 9.10. The number of rotatable bonds is 9. The Morgan fingerprint density at radius 2 is 1.16 bits per heavy atom. The summed E-state index contributed by atoms with van der Waals surface area (Å²) in [5.74, 6) is -1.42. The summed E-state index contributed by atoms with van der Waals surface area (Å²) in [5, 5.41) is 0. The second-order valence-electron chi connectivity index (χ2n) is 6.97. The summed E-state index contributed by atoms with van der Waals surface area (Å²) in [6.07, 6.45) is -0.519. The molecule has 0 aliphatic rings. The van der Waals surface area contributed by atoms with Crippen molar-refractivity contribution in [1.29, 1.82) is 0 Å². The van der Waals surface area contributed by atoms with E-state index in [4.69, 9.17) is 14.2 Å². The molecule has 0 spiro atoms. The van der Waals surface area contributed by atoms with E-state index in [1.54, 1.807) is 41.5 Å². The van der Waals surface area contributed by atoms with E-state index in [9.17, 15) is 14.4 Å². The van der Waals surface area contributed by atoms with Crippen LogP contribution in [0.4, 0.5) is 0 Å². The lowest BCUT2D eigenvalue weighted by molar-refractivity contribution is -0.163. The molecule has 1 atom stereocenters. The quantitative estimate of drug-likeness (QED) is 0.245. The van der Waals surface area contributed by atoms with Crippen LogP contribution < -0.4 is 0 Å². The maximum atomic E-state index is 12.0. The number of carbonyl (C=O) groups excluding carboxylic acids is 3. The van der Waals surface area contributed by atoms with E-state index < -0.39 is 37.0 Å². The molecule has 0 aromatic carbocycles. The molecule has 0 radical (unpaired) electrons. The van der Waals surface area contributed by atoms with Gasteiger partial charge in [0.05, 0.1) is 6.61 Å². The molecule has 0 aliphatic carbocycles. The average Bonchev–Trinajstić information content (AvgIpc) is 2.40. The third-order valence-corrected chi connectivity index (χ3v) is 3.77. The molecule has 0 aromatic heterocycles. The van der Waals surface area contributed by atoms with Crippen LogP contribution in [-0.2, 0) is 28.6 Å². The van der Waals surface area contributed by atoms with Crippen molar-refractivity contribution in [2.75, 3.05) is 13.2 Å². The highest BCUT2D eigenvalue weighted by Gasteiger charge is 2.31. The largest absolute Gasteiger partial charge is 0.465 e. The van der Waals surface area contributed by atoms with Gasteiger partial charge in [0.1, 0.15) is 25.7 Å². The average molecular weight is 553 g/mol. The number of ether oxygens (including phenoxy) is 3. The molecule has 0 saturated carbocycles. The number of halogens is 3. The van der Waals surface area contributed by atoms with E-state index in [1.807, 2.05) is 0 Å². The van der Waals surface area contributed by atoms with Crippen molar-refractivity contribution >= 4 is 65.7 Å². The zero-order valence-corrected chi connectivity index (χ0v) is 20.0. The van der Waals surface area contributed by atoms with E-state index in [-0.39, 0.29) is 19.6 Å². The van der Waals surface area contributed by atoms with Crippen molar-refractivity contribution in [2.45, 2.75) is 67.0 Å². The Labute approximate surface area is 174 Å². The van der Waals surface area contributed by atoms with Crippen LogP contribution in [0.1, 0.15) is 48.0 Å². The predicted octanol–water partition coefficient (Wildman–Crippen LogP) is 3.90. The van der Waals surface area contributed by atoms with Gasteiger partial charge in [-0.3, -0.25) is 14.4 Å². The second kappa shape index (κ2) is 9.69. The summed E-state index contributed by atoms with van der Waals surface area (Å²) in [4.78, 5) is 35.6. The van der Waals surface area contributed by atoms with Crippen LogP contribution >= 0.6 is 47.8 Å². The van der Waals surface area contributed by atoms with Gasteiger partial charge in [-0.2, -0.15) is 0 Å². The summed E-state index contributed by atoms with van der Waals surface area (Å²) in [6.45, 7) is 9.83. The van der Waals surface area contributed by atoms with Crippen LogP contribution in [0.3, 0.4) is 0 Å². The number of alkyl halides is 3. The molecule has 9 heteroatoms. The van der Waals surface area contributed by atoms with Crippen molar-refractivity contribution in [3.8, 4) is 0 Å². The molecular weight excluding hydrogens is 528 g/mol. The lowest BCUT2D eigenvalue weighted by atomic mass is 10.2. The molecular formula is C16H25Br3O6. The highest BCUT2D eigenvalue weighted by atomic mass is 79.9. The molecule has 6 nitrogen and oxygen atoms in total. The van der Waals surface area contributed by atoms with Crippen LogP contribution in [0.25, 0.3) is 0 Å². The molecule has 0 bridgehead atoms. The van der Waals surface area contributed by atoms with Gasteiger partial charge in [-0.1, -0.05) is 47.8 Å². The Kier molecular flexibility index (Phi) is 9.63. The Bertz CT molecular complexity index is 486. The lowest BCUT2D eigenvalue weighted by Crippen LogP contribution is -2.36. The fourth-order valence-electron chi connectivity index (χ4n) is 1.26. The summed E-state index contributed by atoms with van der Waals surface area (Å²) in [5.41, 5.74) is 0. The molecule has 0 heterocycles. The fraction of sp³-hybridized carbons (Fsp3) is 0.812. The van der Waals surface area contributed by atoms with Gasteiger partial charge in [-0.15, -0.1) is 0 Å². The summed E-state index contributed by atoms with van der Waals surface area (Å²) in [6, 6.07) is 0. The van der Waals surface area contributed by atoms with Crippen LogP contribution in [0.2, 0.25) is 0 Å². The first-order chi connectivity index (χ1) is 11.0. The SMILES string of the molecule is CC(C)(Br)C(=O)OCCC(COC(=O)C(C)(C)Br)OC(=O)C(C)(C)Br. The zero-order valence-electron chi connectivity index (χ0n) is 15.3. The minimum atomic E-state index is -0.877. The molecule has 25 heavy (non-hydrogen) atoms. The molecule has 0 amide bonds. The van der Waals surface area contributed by atoms with Crippen molar-refractivity contribution < 1.29 is 28.6 Å². The van der Waals surface area contributed by atoms with Gasteiger partial charge in [-0.05, 0) is 41.5 Å².